The van der Waals surface area contributed by atoms with E-state index in [1.54, 1.807) is 0 Å². The Hall–Kier alpha value is -1.37. The van der Waals surface area contributed by atoms with Crippen LogP contribution >= 0.6 is 7.82 Å². The van der Waals surface area contributed by atoms with Gasteiger partial charge < -0.3 is 18.9 Å². The van der Waals surface area contributed by atoms with Gasteiger partial charge in [-0.05, 0) is 19.3 Å². The van der Waals surface area contributed by atoms with Crippen LogP contribution in [0.3, 0.4) is 0 Å². The standard InChI is InChI=1S/C17H27N2O10P/c1-23-10-11-14(28-13-6-4-5-9-26-13)15(29-30(22,24-2)25-3)16(27-11)19-8-7-12(20)18-17(19)21/h7-8,11,13-16H,4-6,9-10H2,1-3H3,(H,18,20,21)/t11-,13?,14-,15-,16-/m1/s1. The summed E-state index contributed by atoms with van der Waals surface area (Å²) in [6.07, 6.45) is -0.433. The lowest BCUT2D eigenvalue weighted by molar-refractivity contribution is -0.210. The van der Waals surface area contributed by atoms with Crippen molar-refractivity contribution in [3.8, 4) is 0 Å². The Balaban J connectivity index is 1.97. The van der Waals surface area contributed by atoms with Crippen molar-refractivity contribution < 1.29 is 37.1 Å². The normalized spacial score (nSPS) is 29.9. The third kappa shape index (κ3) is 5.27. The number of aromatic amines is 1. The molecule has 3 rings (SSSR count). The maximum atomic E-state index is 12.7. The lowest BCUT2D eigenvalue weighted by Gasteiger charge is -2.31. The third-order valence-corrected chi connectivity index (χ3v) is 6.28. The predicted octanol–water partition coefficient (Wildman–Crippen LogP) is 0.778. The van der Waals surface area contributed by atoms with E-state index in [1.165, 1.54) is 27.5 Å². The topological polar surface area (TPSA) is 137 Å². The Morgan fingerprint density at radius 2 is 1.97 bits per heavy atom. The highest BCUT2D eigenvalue weighted by molar-refractivity contribution is 7.48. The molecule has 2 aliphatic heterocycles. The Labute approximate surface area is 172 Å². The minimum atomic E-state index is -3.98. The summed E-state index contributed by atoms with van der Waals surface area (Å²) in [4.78, 5) is 26.0. The molecule has 30 heavy (non-hydrogen) atoms. The second-order valence-corrected chi connectivity index (χ2v) is 8.65. The van der Waals surface area contributed by atoms with Gasteiger partial charge in [-0.3, -0.25) is 27.9 Å². The Bertz CT molecular complexity index is 843. The summed E-state index contributed by atoms with van der Waals surface area (Å²) in [6, 6.07) is 1.16. The van der Waals surface area contributed by atoms with Crippen LogP contribution in [0.4, 0.5) is 0 Å². The fourth-order valence-electron chi connectivity index (χ4n) is 3.44. The summed E-state index contributed by atoms with van der Waals surface area (Å²) in [7, 11) is -0.140. The number of nitrogens with zero attached hydrogens (tertiary/aromatic N) is 1. The zero-order valence-corrected chi connectivity index (χ0v) is 17.9. The molecule has 0 aliphatic carbocycles. The van der Waals surface area contributed by atoms with Crippen LogP contribution in [0.25, 0.3) is 0 Å². The molecule has 0 radical (unpaired) electrons. The molecule has 1 aromatic rings. The van der Waals surface area contributed by atoms with E-state index in [4.69, 9.17) is 32.5 Å². The van der Waals surface area contributed by atoms with E-state index in [9.17, 15) is 14.2 Å². The van der Waals surface area contributed by atoms with Crippen LogP contribution in [0.15, 0.2) is 21.9 Å². The molecule has 5 atom stereocenters. The molecule has 13 heteroatoms. The van der Waals surface area contributed by atoms with Crippen molar-refractivity contribution in [2.45, 2.75) is 50.1 Å². The number of aromatic nitrogens is 2. The van der Waals surface area contributed by atoms with Crippen molar-refractivity contribution in [1.29, 1.82) is 0 Å². The van der Waals surface area contributed by atoms with Gasteiger partial charge in [-0.1, -0.05) is 0 Å². The zero-order valence-electron chi connectivity index (χ0n) is 17.1. The van der Waals surface area contributed by atoms with E-state index in [0.717, 1.165) is 23.5 Å². The molecule has 3 heterocycles. The fraction of sp³-hybridized carbons (Fsp3) is 0.765. The van der Waals surface area contributed by atoms with Crippen LogP contribution in [-0.2, 0) is 37.1 Å². The zero-order chi connectivity index (χ0) is 21.7. The lowest BCUT2D eigenvalue weighted by atomic mass is 10.1. The van der Waals surface area contributed by atoms with E-state index < -0.39 is 49.9 Å². The monoisotopic (exact) mass is 450 g/mol. The summed E-state index contributed by atoms with van der Waals surface area (Å²) in [6.45, 7) is 0.659. The first-order valence-electron chi connectivity index (χ1n) is 9.53. The molecular formula is C17H27N2O10P. The summed E-state index contributed by atoms with van der Waals surface area (Å²) >= 11 is 0. The molecule has 0 amide bonds. The molecule has 170 valence electrons. The van der Waals surface area contributed by atoms with Crippen LogP contribution < -0.4 is 11.2 Å². The van der Waals surface area contributed by atoms with Crippen molar-refractivity contribution in [3.63, 3.8) is 0 Å². The van der Waals surface area contributed by atoms with Crippen LogP contribution in [0, 0.1) is 0 Å². The van der Waals surface area contributed by atoms with Gasteiger partial charge in [0.25, 0.3) is 5.56 Å². The molecule has 0 aromatic carbocycles. The third-order valence-electron chi connectivity index (χ3n) is 4.89. The molecule has 0 spiro atoms. The number of hydrogen-bond acceptors (Lipinski definition) is 10. The summed E-state index contributed by atoms with van der Waals surface area (Å²) in [5.74, 6) is 0. The fourth-order valence-corrected chi connectivity index (χ4v) is 4.28. The number of phosphoric acid groups is 1. The number of H-pyrrole nitrogens is 1. The van der Waals surface area contributed by atoms with Gasteiger partial charge in [-0.25, -0.2) is 9.36 Å². The van der Waals surface area contributed by atoms with E-state index in [-0.39, 0.29) is 6.61 Å². The van der Waals surface area contributed by atoms with Gasteiger partial charge in [0.2, 0.25) is 0 Å². The number of rotatable bonds is 9. The molecular weight excluding hydrogens is 423 g/mol. The second kappa shape index (κ2) is 10.3. The molecule has 2 saturated heterocycles. The number of nitrogens with one attached hydrogen (secondary N) is 1. The van der Waals surface area contributed by atoms with Crippen molar-refractivity contribution >= 4 is 7.82 Å². The summed E-state index contributed by atoms with van der Waals surface area (Å²) in [5.41, 5.74) is -1.29. The first-order chi connectivity index (χ1) is 14.4. The van der Waals surface area contributed by atoms with Gasteiger partial charge in [-0.15, -0.1) is 0 Å². The molecule has 2 aliphatic rings. The second-order valence-electron chi connectivity index (χ2n) is 6.82. The minimum Gasteiger partial charge on any atom is -0.382 e. The van der Waals surface area contributed by atoms with Crippen LogP contribution in [0.2, 0.25) is 0 Å². The average molecular weight is 450 g/mol. The largest absolute Gasteiger partial charge is 0.474 e. The van der Waals surface area contributed by atoms with Crippen LogP contribution in [0.1, 0.15) is 25.5 Å². The van der Waals surface area contributed by atoms with Gasteiger partial charge in [-0.2, -0.15) is 0 Å². The SMILES string of the molecule is COC[C@H]1O[C@@H](n2ccc(=O)[nH]c2=O)[C@H](OP(=O)(OC)OC)[C@@H]1OC1CCCCO1. The summed E-state index contributed by atoms with van der Waals surface area (Å²) in [5, 5.41) is 0. The maximum absolute atomic E-state index is 12.7. The van der Waals surface area contributed by atoms with Crippen molar-refractivity contribution in [1.82, 2.24) is 9.55 Å². The molecule has 1 N–H and O–H groups in total. The highest BCUT2D eigenvalue weighted by Crippen LogP contribution is 2.52. The molecule has 12 nitrogen and oxygen atoms in total. The number of phosphoric ester groups is 1. The first kappa shape index (κ1) is 23.3. The first-order valence-corrected chi connectivity index (χ1v) is 11.0. The maximum Gasteiger partial charge on any atom is 0.474 e. The van der Waals surface area contributed by atoms with Crippen LogP contribution in [-0.4, -0.2) is 68.7 Å². The molecule has 0 bridgehead atoms. The number of hydrogen-bond donors (Lipinski definition) is 1. The van der Waals surface area contributed by atoms with Gasteiger partial charge in [0, 0.05) is 40.2 Å². The van der Waals surface area contributed by atoms with Crippen molar-refractivity contribution in [2.24, 2.45) is 0 Å². The minimum absolute atomic E-state index is 0.107. The molecule has 2 fully saturated rings. The smallest absolute Gasteiger partial charge is 0.382 e. The molecule has 0 saturated carbocycles. The number of ether oxygens (including phenoxy) is 4. The Morgan fingerprint density at radius 3 is 2.57 bits per heavy atom. The van der Waals surface area contributed by atoms with Gasteiger partial charge >= 0.3 is 13.5 Å². The van der Waals surface area contributed by atoms with Gasteiger partial charge in [0.1, 0.15) is 18.3 Å². The van der Waals surface area contributed by atoms with Gasteiger partial charge in [0.05, 0.1) is 6.61 Å². The highest BCUT2D eigenvalue weighted by atomic mass is 31.2. The number of methoxy groups -OCH3 is 1. The quantitative estimate of drug-likeness (QED) is 0.537. The van der Waals surface area contributed by atoms with E-state index in [1.807, 2.05) is 0 Å². The van der Waals surface area contributed by atoms with E-state index in [0.29, 0.717) is 13.0 Å². The van der Waals surface area contributed by atoms with Gasteiger partial charge in [0.15, 0.2) is 12.5 Å². The predicted molar refractivity (Wildman–Crippen MR) is 102 cm³/mol. The average Bonchev–Trinajstić information content (AvgIpc) is 3.05. The highest BCUT2D eigenvalue weighted by Gasteiger charge is 2.52. The Kier molecular flexibility index (Phi) is 7.99. The molecule has 1 aromatic heterocycles. The van der Waals surface area contributed by atoms with Crippen molar-refractivity contribution in [3.05, 3.63) is 33.1 Å². The Morgan fingerprint density at radius 1 is 1.20 bits per heavy atom. The molecule has 1 unspecified atom stereocenters. The summed E-state index contributed by atoms with van der Waals surface area (Å²) < 4.78 is 52.3. The lowest BCUT2D eigenvalue weighted by Crippen LogP contribution is -2.43. The van der Waals surface area contributed by atoms with Crippen LogP contribution in [0.5, 0.6) is 0 Å². The van der Waals surface area contributed by atoms with E-state index in [2.05, 4.69) is 4.98 Å². The van der Waals surface area contributed by atoms with E-state index >= 15 is 0 Å². The van der Waals surface area contributed by atoms with Crippen molar-refractivity contribution in [2.75, 3.05) is 34.5 Å².